The van der Waals surface area contributed by atoms with E-state index in [1.807, 2.05) is 13.2 Å². The minimum absolute atomic E-state index is 0.0459. The molecule has 0 aliphatic carbocycles. The number of aryl methyl sites for hydroxylation is 1. The van der Waals surface area contributed by atoms with E-state index in [4.69, 9.17) is 0 Å². The largest absolute Gasteiger partial charge is 0.310 e. The maximum Gasteiger partial charge on any atom is 0.0714 e. The van der Waals surface area contributed by atoms with Gasteiger partial charge in [0.15, 0.2) is 0 Å². The molecular formula is C13H25BrN4. The molecular weight excluding hydrogens is 292 g/mol. The standard InChI is InChI=1S/C13H25BrN4/c1-7-13(3,17(5)6)12(15-4)11-10(14)9-16-18(11)8-2/h9,12,15H,7-8H2,1-6H3. The molecule has 0 radical (unpaired) electrons. The molecule has 0 aliphatic rings. The Hall–Kier alpha value is -0.390. The zero-order valence-electron chi connectivity index (χ0n) is 12.3. The van der Waals surface area contributed by atoms with Crippen molar-refractivity contribution in [3.05, 3.63) is 16.4 Å². The molecule has 1 N–H and O–H groups in total. The maximum absolute atomic E-state index is 4.42. The molecule has 2 unspecified atom stereocenters. The van der Waals surface area contributed by atoms with Gasteiger partial charge in [-0.15, -0.1) is 0 Å². The Bertz CT molecular complexity index is 388. The van der Waals surface area contributed by atoms with Crippen LogP contribution in [0.2, 0.25) is 0 Å². The molecule has 0 saturated heterocycles. The number of nitrogens with one attached hydrogen (secondary N) is 1. The first kappa shape index (κ1) is 15.7. The molecule has 1 rings (SSSR count). The second-order valence-electron chi connectivity index (χ2n) is 5.02. The molecule has 18 heavy (non-hydrogen) atoms. The third-order valence-corrected chi connectivity index (χ3v) is 4.67. The van der Waals surface area contributed by atoms with Gasteiger partial charge in [-0.05, 0) is 57.3 Å². The van der Waals surface area contributed by atoms with Crippen LogP contribution in [0.5, 0.6) is 0 Å². The van der Waals surface area contributed by atoms with Crippen molar-refractivity contribution in [3.8, 4) is 0 Å². The molecule has 0 saturated carbocycles. The quantitative estimate of drug-likeness (QED) is 0.876. The van der Waals surface area contributed by atoms with Crippen LogP contribution in [0.15, 0.2) is 10.7 Å². The van der Waals surface area contributed by atoms with Gasteiger partial charge in [0, 0.05) is 12.1 Å². The predicted octanol–water partition coefficient (Wildman–Crippen LogP) is 2.66. The lowest BCUT2D eigenvalue weighted by molar-refractivity contribution is 0.112. The first-order chi connectivity index (χ1) is 8.42. The highest BCUT2D eigenvalue weighted by molar-refractivity contribution is 9.10. The maximum atomic E-state index is 4.42. The number of aromatic nitrogens is 2. The van der Waals surface area contributed by atoms with Crippen LogP contribution in [0.25, 0.3) is 0 Å². The van der Waals surface area contributed by atoms with Crippen LogP contribution < -0.4 is 5.32 Å². The van der Waals surface area contributed by atoms with Gasteiger partial charge >= 0.3 is 0 Å². The number of nitrogens with zero attached hydrogens (tertiary/aromatic N) is 3. The van der Waals surface area contributed by atoms with E-state index in [9.17, 15) is 0 Å². The first-order valence-corrected chi connectivity index (χ1v) is 7.27. The predicted molar refractivity (Wildman–Crippen MR) is 79.8 cm³/mol. The zero-order chi connectivity index (χ0) is 13.9. The van der Waals surface area contributed by atoms with Crippen LogP contribution in [0, 0.1) is 0 Å². The SMILES string of the molecule is CCn1ncc(Br)c1C(NC)C(C)(CC)N(C)C. The van der Waals surface area contributed by atoms with Gasteiger partial charge in [0.25, 0.3) is 0 Å². The van der Waals surface area contributed by atoms with E-state index in [1.54, 1.807) is 0 Å². The third-order valence-electron chi connectivity index (χ3n) is 4.05. The normalized spacial score (nSPS) is 16.9. The molecule has 0 spiro atoms. The average Bonchev–Trinajstić information content (AvgIpc) is 2.71. The van der Waals surface area contributed by atoms with E-state index in [-0.39, 0.29) is 11.6 Å². The molecule has 0 aliphatic heterocycles. The van der Waals surface area contributed by atoms with Gasteiger partial charge < -0.3 is 10.2 Å². The first-order valence-electron chi connectivity index (χ1n) is 6.48. The molecule has 104 valence electrons. The van der Waals surface area contributed by atoms with Crippen LogP contribution in [-0.4, -0.2) is 41.4 Å². The van der Waals surface area contributed by atoms with E-state index in [0.29, 0.717) is 0 Å². The van der Waals surface area contributed by atoms with Crippen molar-refractivity contribution in [2.45, 2.75) is 45.3 Å². The van der Waals surface area contributed by atoms with Crippen LogP contribution in [0.3, 0.4) is 0 Å². The molecule has 5 heteroatoms. The average molecular weight is 317 g/mol. The highest BCUT2D eigenvalue weighted by Crippen LogP contribution is 2.35. The van der Waals surface area contributed by atoms with Crippen molar-refractivity contribution >= 4 is 15.9 Å². The van der Waals surface area contributed by atoms with Gasteiger partial charge in [0.1, 0.15) is 0 Å². The summed E-state index contributed by atoms with van der Waals surface area (Å²) in [6.07, 6.45) is 2.95. The Labute approximate surface area is 119 Å². The molecule has 4 nitrogen and oxygen atoms in total. The van der Waals surface area contributed by atoms with Crippen LogP contribution in [-0.2, 0) is 6.54 Å². The number of halogens is 1. The lowest BCUT2D eigenvalue weighted by Gasteiger charge is -2.42. The number of likely N-dealkylation sites (N-methyl/N-ethyl adjacent to an activating group) is 2. The van der Waals surface area contributed by atoms with Crippen LogP contribution >= 0.6 is 15.9 Å². The fourth-order valence-electron chi connectivity index (χ4n) is 2.43. The molecule has 1 heterocycles. The number of hydrogen-bond acceptors (Lipinski definition) is 3. The number of rotatable bonds is 6. The van der Waals surface area contributed by atoms with E-state index in [2.05, 4.69) is 70.8 Å². The summed E-state index contributed by atoms with van der Waals surface area (Å²) >= 11 is 3.63. The van der Waals surface area contributed by atoms with Gasteiger partial charge in [-0.2, -0.15) is 5.10 Å². The summed E-state index contributed by atoms with van der Waals surface area (Å²) in [5.74, 6) is 0. The van der Waals surface area contributed by atoms with Crippen molar-refractivity contribution in [1.82, 2.24) is 20.0 Å². The molecule has 2 atom stereocenters. The fourth-order valence-corrected chi connectivity index (χ4v) is 2.96. The summed E-state index contributed by atoms with van der Waals surface area (Å²) in [4.78, 5) is 2.29. The van der Waals surface area contributed by atoms with E-state index in [1.165, 1.54) is 5.69 Å². The lowest BCUT2D eigenvalue weighted by Crippen LogP contribution is -2.51. The highest BCUT2D eigenvalue weighted by Gasteiger charge is 2.37. The zero-order valence-corrected chi connectivity index (χ0v) is 13.9. The second kappa shape index (κ2) is 6.17. The monoisotopic (exact) mass is 316 g/mol. The van der Waals surface area contributed by atoms with Crippen molar-refractivity contribution in [3.63, 3.8) is 0 Å². The van der Waals surface area contributed by atoms with Gasteiger partial charge in [-0.25, -0.2) is 0 Å². The highest BCUT2D eigenvalue weighted by atomic mass is 79.9. The molecule has 1 aromatic heterocycles. The summed E-state index contributed by atoms with van der Waals surface area (Å²) in [6, 6.07) is 0.231. The van der Waals surface area contributed by atoms with Gasteiger partial charge in [0.05, 0.1) is 22.4 Å². The Kier molecular flexibility index (Phi) is 5.37. The molecule has 0 amide bonds. The lowest BCUT2D eigenvalue weighted by atomic mass is 9.86. The Balaban J connectivity index is 3.28. The van der Waals surface area contributed by atoms with Crippen molar-refractivity contribution in [2.24, 2.45) is 0 Å². The van der Waals surface area contributed by atoms with Crippen LogP contribution in [0.1, 0.15) is 38.9 Å². The Morgan fingerprint density at radius 3 is 2.50 bits per heavy atom. The van der Waals surface area contributed by atoms with Crippen molar-refractivity contribution in [1.29, 1.82) is 0 Å². The molecule has 1 aromatic rings. The Morgan fingerprint density at radius 2 is 2.11 bits per heavy atom. The summed E-state index contributed by atoms with van der Waals surface area (Å²) in [6.45, 7) is 7.51. The summed E-state index contributed by atoms with van der Waals surface area (Å²) in [5.41, 5.74) is 1.27. The van der Waals surface area contributed by atoms with Crippen molar-refractivity contribution < 1.29 is 0 Å². The minimum atomic E-state index is 0.0459. The summed E-state index contributed by atoms with van der Waals surface area (Å²) in [5, 5.41) is 7.88. The summed E-state index contributed by atoms with van der Waals surface area (Å²) in [7, 11) is 6.28. The van der Waals surface area contributed by atoms with Crippen molar-refractivity contribution in [2.75, 3.05) is 21.1 Å². The van der Waals surface area contributed by atoms with E-state index >= 15 is 0 Å². The van der Waals surface area contributed by atoms with Gasteiger partial charge in [-0.1, -0.05) is 6.92 Å². The fraction of sp³-hybridized carbons (Fsp3) is 0.769. The minimum Gasteiger partial charge on any atom is -0.310 e. The molecule has 0 bridgehead atoms. The third kappa shape index (κ3) is 2.63. The summed E-state index contributed by atoms with van der Waals surface area (Å²) < 4.78 is 3.13. The smallest absolute Gasteiger partial charge is 0.0714 e. The number of hydrogen-bond donors (Lipinski definition) is 1. The van der Waals surface area contributed by atoms with Gasteiger partial charge in [-0.3, -0.25) is 4.68 Å². The van der Waals surface area contributed by atoms with E-state index < -0.39 is 0 Å². The van der Waals surface area contributed by atoms with Gasteiger partial charge in [0.2, 0.25) is 0 Å². The topological polar surface area (TPSA) is 33.1 Å². The molecule has 0 fully saturated rings. The Morgan fingerprint density at radius 1 is 1.50 bits per heavy atom. The second-order valence-corrected chi connectivity index (χ2v) is 5.87. The molecule has 0 aromatic carbocycles. The van der Waals surface area contributed by atoms with E-state index in [0.717, 1.165) is 17.4 Å². The van der Waals surface area contributed by atoms with Crippen LogP contribution in [0.4, 0.5) is 0 Å².